The lowest BCUT2D eigenvalue weighted by Gasteiger charge is -2.33. The topological polar surface area (TPSA) is 82.2 Å². The molecule has 2 fully saturated rings. The lowest BCUT2D eigenvalue weighted by atomic mass is 9.77. The second-order valence-corrected chi connectivity index (χ2v) is 8.72. The van der Waals surface area contributed by atoms with Crippen molar-refractivity contribution < 1.29 is 4.79 Å². The van der Waals surface area contributed by atoms with Gasteiger partial charge in [-0.1, -0.05) is 51.0 Å². The minimum Gasteiger partial charge on any atom is -0.370 e. The van der Waals surface area contributed by atoms with Crippen LogP contribution in [0, 0.1) is 23.2 Å². The van der Waals surface area contributed by atoms with Gasteiger partial charge in [0.1, 0.15) is 0 Å². The van der Waals surface area contributed by atoms with Crippen LogP contribution >= 0.6 is 0 Å². The van der Waals surface area contributed by atoms with E-state index in [2.05, 4.69) is 11.9 Å². The van der Waals surface area contributed by atoms with Gasteiger partial charge in [-0.15, -0.1) is 6.58 Å². The molecule has 0 spiro atoms. The highest BCUT2D eigenvalue weighted by Gasteiger charge is 2.30. The molecule has 0 heterocycles. The van der Waals surface area contributed by atoms with E-state index in [4.69, 9.17) is 11.1 Å². The minimum absolute atomic E-state index is 0.00369. The van der Waals surface area contributed by atoms with E-state index in [-0.39, 0.29) is 17.8 Å². The molecule has 1 amide bonds. The second kappa shape index (κ2) is 11.5. The van der Waals surface area contributed by atoms with Gasteiger partial charge in [0.25, 0.3) is 0 Å². The van der Waals surface area contributed by atoms with Crippen LogP contribution in [0.2, 0.25) is 0 Å². The average molecular weight is 377 g/mol. The van der Waals surface area contributed by atoms with E-state index in [1.807, 2.05) is 6.08 Å². The Kier molecular flexibility index (Phi) is 9.32. The Labute approximate surface area is 165 Å². The van der Waals surface area contributed by atoms with E-state index in [0.29, 0.717) is 12.0 Å². The fraction of sp³-hybridized carbons (Fsp3) is 0.818. The van der Waals surface area contributed by atoms with E-state index >= 15 is 0 Å². The van der Waals surface area contributed by atoms with Crippen LogP contribution in [0.4, 0.5) is 0 Å². The molecule has 27 heavy (non-hydrogen) atoms. The lowest BCUT2D eigenvalue weighted by molar-refractivity contribution is -0.131. The van der Waals surface area contributed by atoms with Crippen molar-refractivity contribution in [1.82, 2.24) is 10.2 Å². The molecule has 2 rings (SSSR count). The monoisotopic (exact) mass is 376 g/mol. The Morgan fingerprint density at radius 1 is 1.22 bits per heavy atom. The molecule has 5 heteroatoms. The lowest BCUT2D eigenvalue weighted by Crippen LogP contribution is -2.42. The molecular formula is C22H40N4O. The maximum atomic E-state index is 13.0. The molecule has 0 aliphatic heterocycles. The first-order valence-electron chi connectivity index (χ1n) is 11.0. The number of hydrogen-bond donors (Lipinski definition) is 3. The Hall–Kier alpha value is -1.36. The zero-order valence-electron chi connectivity index (χ0n) is 17.2. The number of guanidine groups is 1. The molecule has 0 radical (unpaired) electrons. The molecular weight excluding hydrogens is 336 g/mol. The number of rotatable bonds is 9. The Balaban J connectivity index is 1.94. The number of carbonyl (C=O) groups is 1. The van der Waals surface area contributed by atoms with Gasteiger partial charge in [-0.05, 0) is 43.9 Å². The average Bonchev–Trinajstić information content (AvgIpc) is 2.69. The van der Waals surface area contributed by atoms with Crippen molar-refractivity contribution in [2.24, 2.45) is 23.5 Å². The molecule has 0 saturated heterocycles. The number of amides is 1. The first kappa shape index (κ1) is 21.9. The smallest absolute Gasteiger partial charge is 0.232 e. The number of nitrogens with two attached hydrogens (primary N) is 1. The van der Waals surface area contributed by atoms with Gasteiger partial charge in [0.15, 0.2) is 5.96 Å². The largest absolute Gasteiger partial charge is 0.370 e. The zero-order valence-corrected chi connectivity index (χ0v) is 17.2. The summed E-state index contributed by atoms with van der Waals surface area (Å²) in [4.78, 5) is 14.3. The van der Waals surface area contributed by atoms with Crippen molar-refractivity contribution in [3.05, 3.63) is 12.7 Å². The minimum atomic E-state index is -0.142. The molecule has 3 atom stereocenters. The molecule has 2 aliphatic carbocycles. The van der Waals surface area contributed by atoms with Crippen molar-refractivity contribution in [3.63, 3.8) is 0 Å². The first-order valence-corrected chi connectivity index (χ1v) is 11.0. The summed E-state index contributed by atoms with van der Waals surface area (Å²) >= 11 is 0. The standard InChI is InChI=1S/C22H40N4O/c1-3-14-25-20-11-7-10-18(16-20)15-19(21(27)26(2)22(23)24)13-12-17-8-5-4-6-9-17/h3,17-20,25H,1,4-16H2,2H3,(H3,23,24)/t18-,19+,20+/m1/s1. The van der Waals surface area contributed by atoms with Crippen molar-refractivity contribution in [3.8, 4) is 0 Å². The van der Waals surface area contributed by atoms with Crippen molar-refractivity contribution in [2.75, 3.05) is 13.6 Å². The van der Waals surface area contributed by atoms with Crippen LogP contribution in [0.3, 0.4) is 0 Å². The fourth-order valence-electron chi connectivity index (χ4n) is 4.99. The first-order chi connectivity index (χ1) is 13.0. The number of nitrogens with zero attached hydrogens (tertiary/aromatic N) is 1. The SMILES string of the molecule is C=CCN[C@H]1CCC[C@H](C[C@H](CCC2CCCCC2)C(=O)N(C)C(=N)N)C1. The van der Waals surface area contributed by atoms with Crippen LogP contribution in [0.25, 0.3) is 0 Å². The fourth-order valence-corrected chi connectivity index (χ4v) is 4.99. The number of hydrogen-bond acceptors (Lipinski definition) is 3. The molecule has 0 aromatic heterocycles. The normalized spacial score (nSPS) is 24.9. The van der Waals surface area contributed by atoms with E-state index in [0.717, 1.165) is 38.1 Å². The summed E-state index contributed by atoms with van der Waals surface area (Å²) in [6.45, 7) is 4.65. The van der Waals surface area contributed by atoms with Crippen molar-refractivity contribution >= 4 is 11.9 Å². The van der Waals surface area contributed by atoms with E-state index < -0.39 is 0 Å². The molecule has 0 bridgehead atoms. The van der Waals surface area contributed by atoms with Gasteiger partial charge in [-0.2, -0.15) is 0 Å². The Bertz CT molecular complexity index is 487. The molecule has 0 unspecified atom stereocenters. The van der Waals surface area contributed by atoms with Gasteiger partial charge in [-0.3, -0.25) is 15.1 Å². The van der Waals surface area contributed by atoms with Gasteiger partial charge in [-0.25, -0.2) is 0 Å². The number of carbonyl (C=O) groups excluding carboxylic acids is 1. The van der Waals surface area contributed by atoms with Crippen molar-refractivity contribution in [2.45, 2.75) is 83.1 Å². The Morgan fingerprint density at radius 2 is 1.93 bits per heavy atom. The maximum Gasteiger partial charge on any atom is 0.232 e. The van der Waals surface area contributed by atoms with E-state index in [1.54, 1.807) is 7.05 Å². The quantitative estimate of drug-likeness (QED) is 0.323. The molecule has 154 valence electrons. The van der Waals surface area contributed by atoms with Crippen LogP contribution in [0.1, 0.15) is 77.0 Å². The third-order valence-electron chi connectivity index (χ3n) is 6.64. The van der Waals surface area contributed by atoms with Gasteiger partial charge in [0.05, 0.1) is 0 Å². The molecule has 4 N–H and O–H groups in total. The highest BCUT2D eigenvalue weighted by Crippen LogP contribution is 2.34. The maximum absolute atomic E-state index is 13.0. The van der Waals surface area contributed by atoms with E-state index in [1.165, 1.54) is 56.3 Å². The number of nitrogens with one attached hydrogen (secondary N) is 2. The van der Waals surface area contributed by atoms with Crippen LogP contribution < -0.4 is 11.1 Å². The van der Waals surface area contributed by atoms with Gasteiger partial charge in [0, 0.05) is 25.6 Å². The predicted octanol–water partition coefficient (Wildman–Crippen LogP) is 4.04. The summed E-state index contributed by atoms with van der Waals surface area (Å²) < 4.78 is 0. The molecule has 2 saturated carbocycles. The summed E-state index contributed by atoms with van der Waals surface area (Å²) in [5, 5.41) is 11.2. The van der Waals surface area contributed by atoms with Gasteiger partial charge >= 0.3 is 0 Å². The van der Waals surface area contributed by atoms with Crippen molar-refractivity contribution in [1.29, 1.82) is 5.41 Å². The Morgan fingerprint density at radius 3 is 2.59 bits per heavy atom. The van der Waals surface area contributed by atoms with Crippen LogP contribution in [0.15, 0.2) is 12.7 Å². The molecule has 5 nitrogen and oxygen atoms in total. The predicted molar refractivity (Wildman–Crippen MR) is 113 cm³/mol. The van der Waals surface area contributed by atoms with Crippen LogP contribution in [-0.2, 0) is 4.79 Å². The van der Waals surface area contributed by atoms with E-state index in [9.17, 15) is 4.79 Å². The van der Waals surface area contributed by atoms with Gasteiger partial charge < -0.3 is 11.1 Å². The summed E-state index contributed by atoms with van der Waals surface area (Å²) in [5.74, 6) is 1.27. The third kappa shape index (κ3) is 7.28. The second-order valence-electron chi connectivity index (χ2n) is 8.72. The highest BCUT2D eigenvalue weighted by atomic mass is 16.2. The summed E-state index contributed by atoms with van der Waals surface area (Å²) in [6, 6.07) is 0.543. The summed E-state index contributed by atoms with van der Waals surface area (Å²) in [6.07, 6.45) is 16.4. The zero-order chi connectivity index (χ0) is 19.6. The van der Waals surface area contributed by atoms with Gasteiger partial charge in [0.2, 0.25) is 5.91 Å². The summed E-state index contributed by atoms with van der Waals surface area (Å²) in [5.41, 5.74) is 5.59. The molecule has 0 aromatic carbocycles. The third-order valence-corrected chi connectivity index (χ3v) is 6.64. The van der Waals surface area contributed by atoms with Crippen LogP contribution in [-0.4, -0.2) is 36.4 Å². The molecule has 2 aliphatic rings. The van der Waals surface area contributed by atoms with Crippen LogP contribution in [0.5, 0.6) is 0 Å². The summed E-state index contributed by atoms with van der Waals surface area (Å²) in [7, 11) is 1.65. The highest BCUT2D eigenvalue weighted by molar-refractivity contribution is 5.95. The molecule has 0 aromatic rings.